The molecule has 0 fully saturated rings. The van der Waals surface area contributed by atoms with Gasteiger partial charge in [0.15, 0.2) is 0 Å². The fourth-order valence-corrected chi connectivity index (χ4v) is 4.87. The van der Waals surface area contributed by atoms with Gasteiger partial charge in [-0.2, -0.15) is 0 Å². The van der Waals surface area contributed by atoms with Gasteiger partial charge in [-0.25, -0.2) is 8.42 Å². The molecule has 0 radical (unpaired) electrons. The first kappa shape index (κ1) is 23.6. The van der Waals surface area contributed by atoms with E-state index in [1.165, 1.54) is 7.11 Å². The van der Waals surface area contributed by atoms with E-state index in [-0.39, 0.29) is 4.90 Å². The van der Waals surface area contributed by atoms with Crippen molar-refractivity contribution in [2.45, 2.75) is 25.7 Å². The number of amides is 1. The summed E-state index contributed by atoms with van der Waals surface area (Å²) < 4.78 is 33.5. The molecule has 8 heteroatoms. The maximum absolute atomic E-state index is 13.6. The van der Waals surface area contributed by atoms with Crippen molar-refractivity contribution in [1.29, 1.82) is 0 Å². The van der Waals surface area contributed by atoms with E-state index in [1.807, 2.05) is 32.9 Å². The van der Waals surface area contributed by atoms with Gasteiger partial charge < -0.3 is 10.1 Å². The summed E-state index contributed by atoms with van der Waals surface area (Å²) >= 11 is 6.05. The summed E-state index contributed by atoms with van der Waals surface area (Å²) in [6, 6.07) is 16.8. The maximum Gasteiger partial charge on any atom is 0.264 e. The van der Waals surface area contributed by atoms with Crippen LogP contribution in [0, 0.1) is 20.8 Å². The molecule has 1 amide bonds. The van der Waals surface area contributed by atoms with Crippen LogP contribution >= 0.6 is 11.6 Å². The zero-order valence-corrected chi connectivity index (χ0v) is 19.9. The fourth-order valence-electron chi connectivity index (χ4n) is 3.22. The normalized spacial score (nSPS) is 11.2. The molecule has 6 nitrogen and oxygen atoms in total. The van der Waals surface area contributed by atoms with E-state index >= 15 is 0 Å². The Bertz CT molecular complexity index is 1240. The minimum atomic E-state index is -4.01. The van der Waals surface area contributed by atoms with Crippen molar-refractivity contribution in [2.75, 3.05) is 23.3 Å². The number of halogens is 1. The zero-order chi connectivity index (χ0) is 23.5. The molecule has 0 saturated carbocycles. The van der Waals surface area contributed by atoms with Gasteiger partial charge in [-0.15, -0.1) is 0 Å². The Morgan fingerprint density at radius 1 is 0.969 bits per heavy atom. The standard InChI is InChI=1S/C24H25ClN2O4S/c1-16-6-10-20(11-7-16)32(29,30)27(22-13-17(2)5-8-18(22)3)15-24(28)26-21-14-19(25)9-12-23(21)31-4/h5-14H,15H2,1-4H3,(H,26,28). The lowest BCUT2D eigenvalue weighted by Gasteiger charge is -2.26. The second-order valence-electron chi connectivity index (χ2n) is 7.51. The molecule has 0 atom stereocenters. The number of nitrogens with zero attached hydrogens (tertiary/aromatic N) is 1. The molecule has 1 N–H and O–H groups in total. The Morgan fingerprint density at radius 3 is 2.28 bits per heavy atom. The lowest BCUT2D eigenvalue weighted by Crippen LogP contribution is -2.38. The first-order chi connectivity index (χ1) is 15.1. The molecular formula is C24H25ClN2O4S. The molecule has 0 bridgehead atoms. The summed E-state index contributed by atoms with van der Waals surface area (Å²) in [6.07, 6.45) is 0. The molecule has 0 aliphatic rings. The molecule has 0 saturated heterocycles. The van der Waals surface area contributed by atoms with Gasteiger partial charge in [0.2, 0.25) is 5.91 Å². The van der Waals surface area contributed by atoms with Crippen LogP contribution in [0.2, 0.25) is 5.02 Å². The van der Waals surface area contributed by atoms with Crippen LogP contribution in [0.15, 0.2) is 65.6 Å². The minimum absolute atomic E-state index is 0.108. The van der Waals surface area contributed by atoms with Crippen molar-refractivity contribution in [1.82, 2.24) is 0 Å². The second-order valence-corrected chi connectivity index (χ2v) is 9.81. The molecular weight excluding hydrogens is 448 g/mol. The minimum Gasteiger partial charge on any atom is -0.495 e. The fraction of sp³-hybridized carbons (Fsp3) is 0.208. The van der Waals surface area contributed by atoms with Crippen molar-refractivity contribution in [3.63, 3.8) is 0 Å². The summed E-state index contributed by atoms with van der Waals surface area (Å²) in [6.45, 7) is 5.14. The van der Waals surface area contributed by atoms with Gasteiger partial charge in [-0.1, -0.05) is 41.4 Å². The van der Waals surface area contributed by atoms with Crippen LogP contribution in [0.3, 0.4) is 0 Å². The average Bonchev–Trinajstić information content (AvgIpc) is 2.74. The molecule has 3 aromatic rings. The van der Waals surface area contributed by atoms with Gasteiger partial charge in [0.1, 0.15) is 12.3 Å². The predicted molar refractivity (Wildman–Crippen MR) is 128 cm³/mol. The monoisotopic (exact) mass is 472 g/mol. The van der Waals surface area contributed by atoms with E-state index in [0.717, 1.165) is 21.0 Å². The predicted octanol–water partition coefficient (Wildman–Crippen LogP) is 5.11. The van der Waals surface area contributed by atoms with Gasteiger partial charge in [-0.3, -0.25) is 9.10 Å². The van der Waals surface area contributed by atoms with Crippen LogP contribution in [0.4, 0.5) is 11.4 Å². The van der Waals surface area contributed by atoms with Crippen LogP contribution in [0.1, 0.15) is 16.7 Å². The van der Waals surface area contributed by atoms with Crippen molar-refractivity contribution in [3.8, 4) is 5.75 Å². The van der Waals surface area contributed by atoms with Crippen LogP contribution in [0.25, 0.3) is 0 Å². The number of aryl methyl sites for hydroxylation is 3. The molecule has 0 aliphatic heterocycles. The van der Waals surface area contributed by atoms with Crippen LogP contribution in [-0.4, -0.2) is 28.0 Å². The zero-order valence-electron chi connectivity index (χ0n) is 18.3. The highest BCUT2D eigenvalue weighted by Crippen LogP contribution is 2.30. The number of methoxy groups -OCH3 is 1. The van der Waals surface area contributed by atoms with E-state index in [1.54, 1.807) is 48.5 Å². The molecule has 168 valence electrons. The second kappa shape index (κ2) is 9.63. The highest BCUT2D eigenvalue weighted by molar-refractivity contribution is 7.92. The number of anilines is 2. The van der Waals surface area contributed by atoms with Crippen LogP contribution in [-0.2, 0) is 14.8 Å². The number of hydrogen-bond acceptors (Lipinski definition) is 4. The number of rotatable bonds is 7. The first-order valence-electron chi connectivity index (χ1n) is 9.92. The summed E-state index contributed by atoms with van der Waals surface area (Å²) in [5.41, 5.74) is 3.36. The van der Waals surface area contributed by atoms with E-state index < -0.39 is 22.5 Å². The summed E-state index contributed by atoms with van der Waals surface area (Å²) in [5.74, 6) is -0.107. The van der Waals surface area contributed by atoms with Gasteiger partial charge in [0, 0.05) is 5.02 Å². The number of sulfonamides is 1. The molecule has 0 spiro atoms. The van der Waals surface area contributed by atoms with Crippen LogP contribution in [0.5, 0.6) is 5.75 Å². The van der Waals surface area contributed by atoms with Crippen LogP contribution < -0.4 is 14.4 Å². The van der Waals surface area contributed by atoms with E-state index in [0.29, 0.717) is 22.1 Å². The van der Waals surface area contributed by atoms with Crippen molar-refractivity contribution in [2.24, 2.45) is 0 Å². The molecule has 0 aliphatic carbocycles. The smallest absolute Gasteiger partial charge is 0.264 e. The van der Waals surface area contributed by atoms with E-state index in [4.69, 9.17) is 16.3 Å². The number of carbonyl (C=O) groups is 1. The Balaban J connectivity index is 2.02. The average molecular weight is 473 g/mol. The summed E-state index contributed by atoms with van der Waals surface area (Å²) in [4.78, 5) is 13.1. The number of benzene rings is 3. The highest BCUT2D eigenvalue weighted by atomic mass is 35.5. The molecule has 0 unspecified atom stereocenters. The summed E-state index contributed by atoms with van der Waals surface area (Å²) in [7, 11) is -2.53. The van der Waals surface area contributed by atoms with Gasteiger partial charge in [-0.05, 0) is 68.3 Å². The Labute approximate surface area is 193 Å². The molecule has 3 aromatic carbocycles. The molecule has 0 aromatic heterocycles. The van der Waals surface area contributed by atoms with Crippen molar-refractivity contribution >= 4 is 38.9 Å². The SMILES string of the molecule is COc1ccc(Cl)cc1NC(=O)CN(c1cc(C)ccc1C)S(=O)(=O)c1ccc(C)cc1. The van der Waals surface area contributed by atoms with E-state index in [9.17, 15) is 13.2 Å². The number of ether oxygens (including phenoxy) is 1. The molecule has 0 heterocycles. The maximum atomic E-state index is 13.6. The Morgan fingerprint density at radius 2 is 1.62 bits per heavy atom. The summed E-state index contributed by atoms with van der Waals surface area (Å²) in [5, 5.41) is 3.13. The highest BCUT2D eigenvalue weighted by Gasteiger charge is 2.28. The number of hydrogen-bond donors (Lipinski definition) is 1. The topological polar surface area (TPSA) is 75.7 Å². The third kappa shape index (κ3) is 5.23. The Kier molecular flexibility index (Phi) is 7.11. The Hall–Kier alpha value is -3.03. The molecule has 3 rings (SSSR count). The first-order valence-corrected chi connectivity index (χ1v) is 11.7. The largest absolute Gasteiger partial charge is 0.495 e. The van der Waals surface area contributed by atoms with Gasteiger partial charge in [0.25, 0.3) is 10.0 Å². The number of carbonyl (C=O) groups excluding carboxylic acids is 1. The number of nitrogens with one attached hydrogen (secondary N) is 1. The van der Waals surface area contributed by atoms with Crippen molar-refractivity contribution < 1.29 is 17.9 Å². The third-order valence-corrected chi connectivity index (χ3v) is 6.97. The van der Waals surface area contributed by atoms with Gasteiger partial charge >= 0.3 is 0 Å². The quantitative estimate of drug-likeness (QED) is 0.518. The van der Waals surface area contributed by atoms with Gasteiger partial charge in [0.05, 0.1) is 23.4 Å². The van der Waals surface area contributed by atoms with Crippen molar-refractivity contribution in [3.05, 3.63) is 82.4 Å². The van der Waals surface area contributed by atoms with E-state index in [2.05, 4.69) is 5.32 Å². The lowest BCUT2D eigenvalue weighted by molar-refractivity contribution is -0.114. The lowest BCUT2D eigenvalue weighted by atomic mass is 10.1. The molecule has 32 heavy (non-hydrogen) atoms. The third-order valence-electron chi connectivity index (χ3n) is 4.97.